The Kier molecular flexibility index (Phi) is 5.23. The molecule has 0 bridgehead atoms. The van der Waals surface area contributed by atoms with Crippen molar-refractivity contribution in [2.75, 3.05) is 0 Å². The molecule has 1 unspecified atom stereocenters. The van der Waals surface area contributed by atoms with E-state index in [0.717, 1.165) is 23.4 Å². The number of halogens is 1. The second-order valence-electron chi connectivity index (χ2n) is 5.26. The normalized spacial score (nSPS) is 14.2. The Morgan fingerprint density at radius 1 is 1.29 bits per heavy atom. The van der Waals surface area contributed by atoms with Gasteiger partial charge in [-0.15, -0.1) is 0 Å². The summed E-state index contributed by atoms with van der Waals surface area (Å²) >= 11 is 5.83. The predicted molar refractivity (Wildman–Crippen MR) is 75.2 cm³/mol. The van der Waals surface area contributed by atoms with Crippen LogP contribution in [0.25, 0.3) is 6.08 Å². The highest BCUT2D eigenvalue weighted by molar-refractivity contribution is 6.30. The quantitative estimate of drug-likeness (QED) is 0.816. The van der Waals surface area contributed by atoms with Crippen molar-refractivity contribution in [2.45, 2.75) is 39.7 Å². The lowest BCUT2D eigenvalue weighted by Gasteiger charge is -2.20. The smallest absolute Gasteiger partial charge is 0.0512 e. The standard InChI is InChI=1S/C15H21ClO/c1-12(17)8-10-15(2,3)11-9-13-4-6-14(16)7-5-13/h4-7,9,11-12,17H,8,10H2,1-3H3/b11-9+. The van der Waals surface area contributed by atoms with Gasteiger partial charge in [0.1, 0.15) is 0 Å². The zero-order valence-electron chi connectivity index (χ0n) is 10.8. The Morgan fingerprint density at radius 2 is 1.88 bits per heavy atom. The second-order valence-corrected chi connectivity index (χ2v) is 5.70. The first-order chi connectivity index (χ1) is 7.89. The molecule has 17 heavy (non-hydrogen) atoms. The Morgan fingerprint density at radius 3 is 2.41 bits per heavy atom. The maximum Gasteiger partial charge on any atom is 0.0512 e. The summed E-state index contributed by atoms with van der Waals surface area (Å²) in [6.07, 6.45) is 5.89. The summed E-state index contributed by atoms with van der Waals surface area (Å²) in [5.41, 5.74) is 1.26. The van der Waals surface area contributed by atoms with Gasteiger partial charge in [-0.3, -0.25) is 0 Å². The van der Waals surface area contributed by atoms with E-state index in [1.807, 2.05) is 31.2 Å². The van der Waals surface area contributed by atoms with Crippen LogP contribution in [0.15, 0.2) is 30.3 Å². The van der Waals surface area contributed by atoms with Gasteiger partial charge in [-0.1, -0.05) is 49.7 Å². The van der Waals surface area contributed by atoms with Gasteiger partial charge < -0.3 is 5.11 Å². The van der Waals surface area contributed by atoms with E-state index in [0.29, 0.717) is 0 Å². The molecule has 1 N–H and O–H groups in total. The minimum Gasteiger partial charge on any atom is -0.393 e. The van der Waals surface area contributed by atoms with Gasteiger partial charge in [0.05, 0.1) is 6.10 Å². The first kappa shape index (κ1) is 14.3. The van der Waals surface area contributed by atoms with Gasteiger partial charge in [0.25, 0.3) is 0 Å². The molecule has 0 amide bonds. The number of hydrogen-bond acceptors (Lipinski definition) is 1. The molecule has 0 saturated heterocycles. The van der Waals surface area contributed by atoms with Crippen molar-refractivity contribution in [1.82, 2.24) is 0 Å². The third-order valence-corrected chi connectivity index (χ3v) is 3.06. The fraction of sp³-hybridized carbons (Fsp3) is 0.467. The summed E-state index contributed by atoms with van der Waals surface area (Å²) in [7, 11) is 0. The van der Waals surface area contributed by atoms with Gasteiger partial charge in [-0.05, 0) is 42.9 Å². The molecule has 1 atom stereocenters. The van der Waals surface area contributed by atoms with Crippen molar-refractivity contribution >= 4 is 17.7 Å². The van der Waals surface area contributed by atoms with Crippen LogP contribution >= 0.6 is 11.6 Å². The fourth-order valence-electron chi connectivity index (χ4n) is 1.56. The van der Waals surface area contributed by atoms with Crippen molar-refractivity contribution in [3.63, 3.8) is 0 Å². The highest BCUT2D eigenvalue weighted by Crippen LogP contribution is 2.26. The molecule has 0 aromatic heterocycles. The molecule has 94 valence electrons. The van der Waals surface area contributed by atoms with Crippen LogP contribution in [0.5, 0.6) is 0 Å². The number of aliphatic hydroxyl groups excluding tert-OH is 1. The monoisotopic (exact) mass is 252 g/mol. The highest BCUT2D eigenvalue weighted by Gasteiger charge is 2.14. The third kappa shape index (κ3) is 5.90. The molecule has 2 heteroatoms. The molecule has 0 fully saturated rings. The molecular formula is C15H21ClO. The minimum atomic E-state index is -0.224. The number of allylic oxidation sites excluding steroid dienone is 1. The topological polar surface area (TPSA) is 20.2 Å². The maximum atomic E-state index is 9.29. The molecule has 0 aliphatic heterocycles. The Bertz CT molecular complexity index is 363. The molecule has 0 aliphatic rings. The van der Waals surface area contributed by atoms with Crippen LogP contribution in [-0.2, 0) is 0 Å². The van der Waals surface area contributed by atoms with Gasteiger partial charge in [0.2, 0.25) is 0 Å². The molecule has 1 rings (SSSR count). The number of hydrogen-bond donors (Lipinski definition) is 1. The molecule has 1 aromatic rings. The lowest BCUT2D eigenvalue weighted by Crippen LogP contribution is -2.11. The van der Waals surface area contributed by atoms with Crippen molar-refractivity contribution in [2.24, 2.45) is 5.41 Å². The van der Waals surface area contributed by atoms with Crippen molar-refractivity contribution in [3.8, 4) is 0 Å². The van der Waals surface area contributed by atoms with Crippen molar-refractivity contribution in [3.05, 3.63) is 40.9 Å². The molecule has 0 aliphatic carbocycles. The molecule has 0 heterocycles. The summed E-state index contributed by atoms with van der Waals surface area (Å²) in [4.78, 5) is 0. The predicted octanol–water partition coefficient (Wildman–Crippen LogP) is 4.54. The zero-order valence-corrected chi connectivity index (χ0v) is 11.5. The maximum absolute atomic E-state index is 9.29. The number of rotatable bonds is 5. The van der Waals surface area contributed by atoms with Crippen LogP contribution < -0.4 is 0 Å². The summed E-state index contributed by atoms with van der Waals surface area (Å²) in [6.45, 7) is 6.20. The lowest BCUT2D eigenvalue weighted by molar-refractivity contribution is 0.168. The van der Waals surface area contributed by atoms with Crippen LogP contribution in [0.1, 0.15) is 39.2 Å². The van der Waals surface area contributed by atoms with Gasteiger partial charge in [0, 0.05) is 5.02 Å². The number of benzene rings is 1. The SMILES string of the molecule is CC(O)CCC(C)(C)/C=C/c1ccc(Cl)cc1. The zero-order chi connectivity index (χ0) is 12.9. The molecular weight excluding hydrogens is 232 g/mol. The van der Waals surface area contributed by atoms with Gasteiger partial charge in [0.15, 0.2) is 0 Å². The average molecular weight is 253 g/mol. The first-order valence-corrected chi connectivity index (χ1v) is 6.40. The van der Waals surface area contributed by atoms with Gasteiger partial charge >= 0.3 is 0 Å². The summed E-state index contributed by atoms with van der Waals surface area (Å²) in [5, 5.41) is 10.1. The van der Waals surface area contributed by atoms with Crippen molar-refractivity contribution in [1.29, 1.82) is 0 Å². The minimum absolute atomic E-state index is 0.108. The van der Waals surface area contributed by atoms with E-state index in [1.54, 1.807) is 0 Å². The molecule has 1 nitrogen and oxygen atoms in total. The summed E-state index contributed by atoms with van der Waals surface area (Å²) in [6, 6.07) is 7.79. The van der Waals surface area contributed by atoms with Crippen LogP contribution in [-0.4, -0.2) is 11.2 Å². The number of aliphatic hydroxyl groups is 1. The summed E-state index contributed by atoms with van der Waals surface area (Å²) < 4.78 is 0. The lowest BCUT2D eigenvalue weighted by atomic mass is 9.86. The van der Waals surface area contributed by atoms with Crippen LogP contribution in [0.3, 0.4) is 0 Å². The van der Waals surface area contributed by atoms with E-state index in [2.05, 4.69) is 26.0 Å². The summed E-state index contributed by atoms with van der Waals surface area (Å²) in [5.74, 6) is 0. The molecule has 0 saturated carbocycles. The van der Waals surface area contributed by atoms with Crippen LogP contribution in [0, 0.1) is 5.41 Å². The third-order valence-electron chi connectivity index (χ3n) is 2.80. The van der Waals surface area contributed by atoms with E-state index in [4.69, 9.17) is 11.6 Å². The van der Waals surface area contributed by atoms with Crippen LogP contribution in [0.4, 0.5) is 0 Å². The van der Waals surface area contributed by atoms with Gasteiger partial charge in [-0.25, -0.2) is 0 Å². The Balaban J connectivity index is 2.59. The highest BCUT2D eigenvalue weighted by atomic mass is 35.5. The van der Waals surface area contributed by atoms with E-state index < -0.39 is 0 Å². The average Bonchev–Trinajstić information content (AvgIpc) is 2.26. The molecule has 0 spiro atoms. The van der Waals surface area contributed by atoms with E-state index >= 15 is 0 Å². The van der Waals surface area contributed by atoms with E-state index in [-0.39, 0.29) is 11.5 Å². The molecule has 1 aromatic carbocycles. The largest absolute Gasteiger partial charge is 0.393 e. The first-order valence-electron chi connectivity index (χ1n) is 6.02. The van der Waals surface area contributed by atoms with Gasteiger partial charge in [-0.2, -0.15) is 0 Å². The Hall–Kier alpha value is -0.790. The fourth-order valence-corrected chi connectivity index (χ4v) is 1.69. The Labute approximate surface area is 109 Å². The van der Waals surface area contributed by atoms with E-state index in [1.165, 1.54) is 0 Å². The van der Waals surface area contributed by atoms with Crippen LogP contribution in [0.2, 0.25) is 5.02 Å². The van der Waals surface area contributed by atoms with Crippen molar-refractivity contribution < 1.29 is 5.11 Å². The second kappa shape index (κ2) is 6.23. The van der Waals surface area contributed by atoms with E-state index in [9.17, 15) is 5.11 Å². The molecule has 0 radical (unpaired) electrons.